The number of carbonyl (C=O) groups is 3. The summed E-state index contributed by atoms with van der Waals surface area (Å²) in [6.45, 7) is 4.88. The van der Waals surface area contributed by atoms with E-state index in [9.17, 15) is 14.4 Å². The number of nitrogens with zero attached hydrogens (tertiary/aromatic N) is 3. The van der Waals surface area contributed by atoms with Crippen molar-refractivity contribution in [1.82, 2.24) is 15.1 Å². The van der Waals surface area contributed by atoms with Crippen LogP contribution < -0.4 is 10.6 Å². The van der Waals surface area contributed by atoms with Gasteiger partial charge in [0, 0.05) is 66.1 Å². The third-order valence-electron chi connectivity index (χ3n) is 10.8. The highest BCUT2D eigenvalue weighted by Crippen LogP contribution is 2.47. The Kier molecular flexibility index (Phi) is 10.2. The van der Waals surface area contributed by atoms with Crippen molar-refractivity contribution < 1.29 is 23.6 Å². The summed E-state index contributed by atoms with van der Waals surface area (Å²) in [5.41, 5.74) is 2.07. The number of halogens is 2. The SMILES string of the molecule is O=CC[C@]1([N+]2(C3CCNCC3)CCCCC2)C[C@H](N2CCc3ccccc3NC2=O)CCN1C(=O)OCc1ccc(Br)c(Br)c1. The molecule has 0 bridgehead atoms. The monoisotopic (exact) mass is 744 g/mol. The number of aldehydes is 1. The minimum Gasteiger partial charge on any atom is -0.444 e. The quantitative estimate of drug-likeness (QED) is 0.252. The van der Waals surface area contributed by atoms with Crippen LogP contribution in [-0.2, 0) is 22.6 Å². The summed E-state index contributed by atoms with van der Waals surface area (Å²) in [5, 5.41) is 6.68. The van der Waals surface area contributed by atoms with Crippen LogP contribution in [0.1, 0.15) is 62.5 Å². The summed E-state index contributed by atoms with van der Waals surface area (Å²) in [5.74, 6) is 0. The van der Waals surface area contributed by atoms with Crippen LogP contribution in [0.15, 0.2) is 51.4 Å². The van der Waals surface area contributed by atoms with Gasteiger partial charge in [-0.1, -0.05) is 24.3 Å². The molecule has 6 rings (SSSR count). The number of piperidine rings is 3. The number of quaternary nitrogens is 1. The summed E-state index contributed by atoms with van der Waals surface area (Å²) in [6.07, 6.45) is 8.09. The Bertz CT molecular complexity index is 1400. The second kappa shape index (κ2) is 14.1. The summed E-state index contributed by atoms with van der Waals surface area (Å²) in [6, 6.07) is 13.9. The van der Waals surface area contributed by atoms with Gasteiger partial charge < -0.3 is 25.1 Å². The minimum atomic E-state index is -0.802. The highest BCUT2D eigenvalue weighted by Gasteiger charge is 2.63. The van der Waals surface area contributed by atoms with E-state index in [0.29, 0.717) is 32.0 Å². The van der Waals surface area contributed by atoms with Crippen molar-refractivity contribution in [2.24, 2.45) is 0 Å². The lowest BCUT2D eigenvalue weighted by atomic mass is 9.80. The molecule has 9 nitrogen and oxygen atoms in total. The van der Waals surface area contributed by atoms with Crippen molar-refractivity contribution in [2.45, 2.75) is 82.1 Å². The molecule has 242 valence electrons. The molecule has 2 atom stereocenters. The minimum absolute atomic E-state index is 0.103. The number of hydrogen-bond donors (Lipinski definition) is 2. The first-order valence-electron chi connectivity index (χ1n) is 16.4. The smallest absolute Gasteiger partial charge is 0.414 e. The number of carbonyl (C=O) groups excluding carboxylic acids is 3. The Balaban J connectivity index is 1.36. The van der Waals surface area contributed by atoms with Gasteiger partial charge in [-0.15, -0.1) is 0 Å². The van der Waals surface area contributed by atoms with E-state index in [1.54, 1.807) is 0 Å². The summed E-state index contributed by atoms with van der Waals surface area (Å²) >= 11 is 7.07. The van der Waals surface area contributed by atoms with Crippen LogP contribution in [0, 0.1) is 0 Å². The number of rotatable bonds is 7. The van der Waals surface area contributed by atoms with Crippen LogP contribution in [-0.4, -0.2) is 89.7 Å². The Morgan fingerprint density at radius 2 is 1.80 bits per heavy atom. The van der Waals surface area contributed by atoms with Crippen molar-refractivity contribution in [3.8, 4) is 0 Å². The lowest BCUT2D eigenvalue weighted by Crippen LogP contribution is -2.80. The molecule has 0 unspecified atom stereocenters. The second-order valence-electron chi connectivity index (χ2n) is 13.0. The summed E-state index contributed by atoms with van der Waals surface area (Å²) in [7, 11) is 0. The number of urea groups is 1. The Morgan fingerprint density at radius 3 is 2.56 bits per heavy atom. The average Bonchev–Trinajstić information content (AvgIpc) is 3.24. The first-order valence-corrected chi connectivity index (χ1v) is 18.0. The van der Waals surface area contributed by atoms with Crippen molar-refractivity contribution >= 4 is 56.0 Å². The molecule has 4 aliphatic heterocycles. The van der Waals surface area contributed by atoms with Crippen LogP contribution in [0.25, 0.3) is 0 Å². The number of amides is 3. The molecule has 4 aliphatic rings. The predicted molar refractivity (Wildman–Crippen MR) is 181 cm³/mol. The molecule has 2 N–H and O–H groups in total. The van der Waals surface area contributed by atoms with E-state index in [1.165, 1.54) is 0 Å². The second-order valence-corrected chi connectivity index (χ2v) is 14.7. The van der Waals surface area contributed by atoms with Crippen molar-refractivity contribution in [2.75, 3.05) is 44.6 Å². The number of fused-ring (bicyclic) bond motifs is 1. The highest BCUT2D eigenvalue weighted by molar-refractivity contribution is 9.13. The molecule has 2 aromatic carbocycles. The van der Waals surface area contributed by atoms with Gasteiger partial charge in [-0.3, -0.25) is 9.38 Å². The van der Waals surface area contributed by atoms with Crippen molar-refractivity contribution in [1.29, 1.82) is 0 Å². The molecule has 3 fully saturated rings. The number of anilines is 1. The van der Waals surface area contributed by atoms with Crippen LogP contribution in [0.2, 0.25) is 0 Å². The molecular formula is C34H44Br2N5O4+. The van der Waals surface area contributed by atoms with E-state index in [1.807, 2.05) is 46.2 Å². The van der Waals surface area contributed by atoms with Crippen LogP contribution in [0.4, 0.5) is 15.3 Å². The normalized spacial score (nSPS) is 25.6. The third kappa shape index (κ3) is 6.42. The molecule has 3 amide bonds. The zero-order valence-corrected chi connectivity index (χ0v) is 29.0. The van der Waals surface area contributed by atoms with Crippen molar-refractivity contribution in [3.05, 3.63) is 62.5 Å². The Hall–Kier alpha value is -2.47. The maximum absolute atomic E-state index is 14.3. The zero-order chi connectivity index (χ0) is 31.4. The third-order valence-corrected chi connectivity index (χ3v) is 12.6. The molecule has 0 spiro atoms. The zero-order valence-electron chi connectivity index (χ0n) is 25.8. The number of hydrogen-bond acceptors (Lipinski definition) is 5. The molecular weight excluding hydrogens is 702 g/mol. The summed E-state index contributed by atoms with van der Waals surface area (Å²) in [4.78, 5) is 44.7. The molecule has 0 radical (unpaired) electrons. The maximum Gasteiger partial charge on any atom is 0.414 e. The predicted octanol–water partition coefficient (Wildman–Crippen LogP) is 6.44. The lowest BCUT2D eigenvalue weighted by molar-refractivity contribution is -1.01. The van der Waals surface area contributed by atoms with Crippen LogP contribution in [0.5, 0.6) is 0 Å². The van der Waals surface area contributed by atoms with Gasteiger partial charge in [0.2, 0.25) is 0 Å². The van der Waals surface area contributed by atoms with E-state index in [2.05, 4.69) is 48.6 Å². The molecule has 11 heteroatoms. The molecule has 0 aromatic heterocycles. The Labute approximate surface area is 282 Å². The van der Waals surface area contributed by atoms with Gasteiger partial charge in [-0.2, -0.15) is 0 Å². The van der Waals surface area contributed by atoms with Gasteiger partial charge in [-0.05, 0) is 93.3 Å². The van der Waals surface area contributed by atoms with Gasteiger partial charge >= 0.3 is 12.1 Å². The molecule has 4 heterocycles. The van der Waals surface area contributed by atoms with E-state index >= 15 is 0 Å². The first kappa shape index (κ1) is 32.5. The molecule has 3 saturated heterocycles. The fourth-order valence-corrected chi connectivity index (χ4v) is 9.30. The van der Waals surface area contributed by atoms with E-state index in [0.717, 1.165) is 101 Å². The molecule has 45 heavy (non-hydrogen) atoms. The van der Waals surface area contributed by atoms with Gasteiger partial charge in [0.15, 0.2) is 5.66 Å². The number of likely N-dealkylation sites (tertiary alicyclic amines) is 2. The van der Waals surface area contributed by atoms with Crippen LogP contribution in [0.3, 0.4) is 0 Å². The standard InChI is InChI=1S/C34H43Br2N5O4/c35-29-9-8-25(22-30(29)36)24-45-33(44)40-18-13-27(39-17-12-26-6-2-3-7-31(26)38-32(39)43)23-34(40,14-21-42)41(19-4-1-5-20-41)28-10-15-37-16-11-28/h2-3,6-9,21-22,27-28,37H,1,4-5,10-20,23-24H2/p+1/t27-,34+/m1/s1. The average molecular weight is 747 g/mol. The molecule has 0 aliphatic carbocycles. The Morgan fingerprint density at radius 1 is 1.02 bits per heavy atom. The van der Waals surface area contributed by atoms with E-state index in [4.69, 9.17) is 4.74 Å². The van der Waals surface area contributed by atoms with Crippen molar-refractivity contribution in [3.63, 3.8) is 0 Å². The van der Waals surface area contributed by atoms with Crippen LogP contribution >= 0.6 is 31.9 Å². The maximum atomic E-state index is 14.3. The van der Waals surface area contributed by atoms with Gasteiger partial charge in [-0.25, -0.2) is 9.59 Å². The van der Waals surface area contributed by atoms with E-state index in [-0.39, 0.29) is 31.2 Å². The molecule has 0 saturated carbocycles. The first-order chi connectivity index (χ1) is 21.9. The van der Waals surface area contributed by atoms with Gasteiger partial charge in [0.25, 0.3) is 0 Å². The lowest BCUT2D eigenvalue weighted by Gasteiger charge is -2.64. The number of ether oxygens (including phenoxy) is 1. The highest BCUT2D eigenvalue weighted by atomic mass is 79.9. The largest absolute Gasteiger partial charge is 0.444 e. The molecule has 2 aromatic rings. The topological polar surface area (TPSA) is 91.0 Å². The number of benzene rings is 2. The number of nitrogens with one attached hydrogen (secondary N) is 2. The summed E-state index contributed by atoms with van der Waals surface area (Å²) < 4.78 is 8.62. The van der Waals surface area contributed by atoms with E-state index < -0.39 is 5.66 Å². The fourth-order valence-electron chi connectivity index (χ4n) is 8.62. The van der Waals surface area contributed by atoms with Gasteiger partial charge in [0.05, 0.1) is 25.6 Å². The fraction of sp³-hybridized carbons (Fsp3) is 0.559. The number of para-hydroxylation sites is 1. The van der Waals surface area contributed by atoms with Gasteiger partial charge in [0.1, 0.15) is 12.9 Å².